The van der Waals surface area contributed by atoms with E-state index in [1.54, 1.807) is 19.3 Å². The number of ketones is 1. The van der Waals surface area contributed by atoms with Crippen LogP contribution in [0.5, 0.6) is 0 Å². The maximum Gasteiger partial charge on any atom is 0.178 e. The van der Waals surface area contributed by atoms with Gasteiger partial charge in [-0.1, -0.05) is 0 Å². The quantitative estimate of drug-likeness (QED) is 0.609. The smallest absolute Gasteiger partial charge is 0.178 e. The molecule has 0 heterocycles. The summed E-state index contributed by atoms with van der Waals surface area (Å²) in [6.45, 7) is 0. The van der Waals surface area contributed by atoms with Crippen LogP contribution in [-0.2, 0) is 9.53 Å². The van der Waals surface area contributed by atoms with Crippen LogP contribution in [0.1, 0.15) is 12.8 Å². The Kier molecular flexibility index (Phi) is 3.05. The predicted octanol–water partition coefficient (Wildman–Crippen LogP) is 1.48. The first-order valence-corrected chi connectivity index (χ1v) is 4.13. The summed E-state index contributed by atoms with van der Waals surface area (Å²) in [6, 6.07) is 0. The highest BCUT2D eigenvalue weighted by Crippen LogP contribution is 2.23. The lowest BCUT2D eigenvalue weighted by atomic mass is 9.92. The Morgan fingerprint density at radius 1 is 1.54 bits per heavy atom. The van der Waals surface area contributed by atoms with Crippen molar-refractivity contribution in [1.29, 1.82) is 0 Å². The number of ether oxygens (including phenoxy) is 1. The molecule has 0 aromatic heterocycles. The number of hydrogen-bond acceptors (Lipinski definition) is 2. The van der Waals surface area contributed by atoms with E-state index in [-0.39, 0.29) is 5.78 Å². The van der Waals surface area contributed by atoms with Crippen LogP contribution >= 0.6 is 0 Å². The van der Waals surface area contributed by atoms with Gasteiger partial charge in [0.05, 0.1) is 0 Å². The van der Waals surface area contributed by atoms with E-state index in [0.717, 1.165) is 0 Å². The number of rotatable bonds is 3. The van der Waals surface area contributed by atoms with E-state index < -0.39 is 5.60 Å². The maximum atomic E-state index is 10.9. The van der Waals surface area contributed by atoms with Gasteiger partial charge in [0.1, 0.15) is 5.60 Å². The van der Waals surface area contributed by atoms with E-state index in [0.29, 0.717) is 12.8 Å². The van der Waals surface area contributed by atoms with Gasteiger partial charge in [0, 0.05) is 13.5 Å². The van der Waals surface area contributed by atoms with Crippen molar-refractivity contribution in [3.63, 3.8) is 0 Å². The Morgan fingerprint density at radius 2 is 2.15 bits per heavy atom. The fraction of sp³-hybridized carbons (Fsp3) is 0.364. The molecule has 0 aliphatic heterocycles. The molecule has 2 heteroatoms. The summed E-state index contributed by atoms with van der Waals surface area (Å²) in [5.74, 6) is 2.55. The monoisotopic (exact) mass is 176 g/mol. The van der Waals surface area contributed by atoms with Crippen LogP contribution in [0.4, 0.5) is 0 Å². The second-order valence-corrected chi connectivity index (χ2v) is 2.93. The van der Waals surface area contributed by atoms with Crippen molar-refractivity contribution < 1.29 is 9.53 Å². The van der Waals surface area contributed by atoms with Crippen molar-refractivity contribution in [3.8, 4) is 12.3 Å². The molecule has 1 aliphatic rings. The fourth-order valence-electron chi connectivity index (χ4n) is 1.23. The first-order chi connectivity index (χ1) is 6.22. The Balaban J connectivity index is 2.72. The van der Waals surface area contributed by atoms with E-state index >= 15 is 0 Å². The maximum absolute atomic E-state index is 10.9. The Morgan fingerprint density at radius 3 is 2.62 bits per heavy atom. The minimum absolute atomic E-state index is 0.00613. The number of terminal acetylenes is 1. The van der Waals surface area contributed by atoms with Crippen LogP contribution in [0.3, 0.4) is 0 Å². The van der Waals surface area contributed by atoms with E-state index in [1.807, 2.05) is 0 Å². The molecule has 2 nitrogen and oxygen atoms in total. The highest BCUT2D eigenvalue weighted by Gasteiger charge is 2.25. The fourth-order valence-corrected chi connectivity index (χ4v) is 1.23. The molecular weight excluding hydrogens is 164 g/mol. The van der Waals surface area contributed by atoms with Crippen molar-refractivity contribution in [1.82, 2.24) is 0 Å². The van der Waals surface area contributed by atoms with Gasteiger partial charge >= 0.3 is 0 Å². The molecule has 0 atom stereocenters. The van der Waals surface area contributed by atoms with Crippen LogP contribution in [0.25, 0.3) is 0 Å². The van der Waals surface area contributed by atoms with Crippen LogP contribution in [-0.4, -0.2) is 18.5 Å². The summed E-state index contributed by atoms with van der Waals surface area (Å²) in [5, 5.41) is 0. The molecular formula is C11H12O2. The molecule has 0 radical (unpaired) electrons. The van der Waals surface area contributed by atoms with E-state index in [4.69, 9.17) is 11.2 Å². The normalized spacial score (nSPS) is 18.6. The second-order valence-electron chi connectivity index (χ2n) is 2.93. The second kappa shape index (κ2) is 4.06. The molecule has 0 N–H and O–H groups in total. The third-order valence-corrected chi connectivity index (χ3v) is 2.10. The lowest BCUT2D eigenvalue weighted by Crippen LogP contribution is -2.28. The van der Waals surface area contributed by atoms with Crippen LogP contribution in [0.2, 0.25) is 0 Å². The summed E-state index contributed by atoms with van der Waals surface area (Å²) in [4.78, 5) is 10.9. The average molecular weight is 176 g/mol. The zero-order valence-corrected chi connectivity index (χ0v) is 7.62. The average Bonchev–Trinajstić information content (AvgIpc) is 2.18. The summed E-state index contributed by atoms with van der Waals surface area (Å²) in [5.41, 5.74) is -0.472. The minimum atomic E-state index is -0.472. The molecule has 0 bridgehead atoms. The third kappa shape index (κ3) is 2.30. The molecule has 1 aliphatic carbocycles. The molecule has 0 unspecified atom stereocenters. The molecule has 0 amide bonds. The summed E-state index contributed by atoms with van der Waals surface area (Å²) < 4.78 is 5.31. The van der Waals surface area contributed by atoms with Crippen LogP contribution < -0.4 is 0 Å². The van der Waals surface area contributed by atoms with Crippen LogP contribution in [0, 0.1) is 12.3 Å². The standard InChI is InChI=1S/C11H12O2/c1-3-4-7-11(13-2)8-5-10(12)6-9-11/h1,5-6,8-9H,4,7H2,2H3. The zero-order chi connectivity index (χ0) is 9.73. The van der Waals surface area contributed by atoms with Gasteiger partial charge in [-0.05, 0) is 30.7 Å². The molecule has 0 saturated carbocycles. The Hall–Kier alpha value is -1.33. The Labute approximate surface area is 78.3 Å². The van der Waals surface area contributed by atoms with Gasteiger partial charge in [-0.25, -0.2) is 0 Å². The van der Waals surface area contributed by atoms with Crippen molar-refractivity contribution in [2.24, 2.45) is 0 Å². The number of allylic oxidation sites excluding steroid dienone is 2. The van der Waals surface area contributed by atoms with Gasteiger partial charge in [0.25, 0.3) is 0 Å². The SMILES string of the molecule is C#CCCC1(OC)C=CC(=O)C=C1. The van der Waals surface area contributed by atoms with Gasteiger partial charge in [0.15, 0.2) is 5.78 Å². The predicted molar refractivity (Wildman–Crippen MR) is 51.1 cm³/mol. The van der Waals surface area contributed by atoms with E-state index in [2.05, 4.69) is 5.92 Å². The largest absolute Gasteiger partial charge is 0.370 e. The van der Waals surface area contributed by atoms with Crippen molar-refractivity contribution in [3.05, 3.63) is 24.3 Å². The first kappa shape index (κ1) is 9.76. The van der Waals surface area contributed by atoms with E-state index in [1.165, 1.54) is 12.2 Å². The molecule has 0 aromatic rings. The number of methoxy groups -OCH3 is 1. The number of hydrogen-bond donors (Lipinski definition) is 0. The molecule has 1 rings (SSSR count). The van der Waals surface area contributed by atoms with Crippen molar-refractivity contribution in [2.45, 2.75) is 18.4 Å². The molecule has 0 saturated heterocycles. The highest BCUT2D eigenvalue weighted by molar-refractivity contribution is 6.00. The highest BCUT2D eigenvalue weighted by atomic mass is 16.5. The number of carbonyl (C=O) groups excluding carboxylic acids is 1. The molecule has 0 aromatic carbocycles. The topological polar surface area (TPSA) is 26.3 Å². The van der Waals surface area contributed by atoms with E-state index in [9.17, 15) is 4.79 Å². The molecule has 0 spiro atoms. The summed E-state index contributed by atoms with van der Waals surface area (Å²) in [7, 11) is 1.61. The minimum Gasteiger partial charge on any atom is -0.370 e. The van der Waals surface area contributed by atoms with Gasteiger partial charge in [-0.15, -0.1) is 12.3 Å². The third-order valence-electron chi connectivity index (χ3n) is 2.10. The van der Waals surface area contributed by atoms with Crippen LogP contribution in [0.15, 0.2) is 24.3 Å². The van der Waals surface area contributed by atoms with Gasteiger partial charge < -0.3 is 4.74 Å². The zero-order valence-electron chi connectivity index (χ0n) is 7.62. The van der Waals surface area contributed by atoms with Gasteiger partial charge in [-0.2, -0.15) is 0 Å². The molecule has 68 valence electrons. The van der Waals surface area contributed by atoms with Gasteiger partial charge in [0.2, 0.25) is 0 Å². The molecule has 0 fully saturated rings. The lowest BCUT2D eigenvalue weighted by molar-refractivity contribution is -0.110. The number of carbonyl (C=O) groups is 1. The summed E-state index contributed by atoms with van der Waals surface area (Å²) in [6.07, 6.45) is 13.1. The molecule has 13 heavy (non-hydrogen) atoms. The first-order valence-electron chi connectivity index (χ1n) is 4.13. The lowest BCUT2D eigenvalue weighted by Gasteiger charge is -2.26. The van der Waals surface area contributed by atoms with Crippen molar-refractivity contribution >= 4 is 5.78 Å². The van der Waals surface area contributed by atoms with Gasteiger partial charge in [-0.3, -0.25) is 4.79 Å². The Bertz CT molecular complexity index is 276. The van der Waals surface area contributed by atoms with Crippen molar-refractivity contribution in [2.75, 3.05) is 7.11 Å². The summed E-state index contributed by atoms with van der Waals surface area (Å²) >= 11 is 0.